The van der Waals surface area contributed by atoms with Gasteiger partial charge in [0.2, 0.25) is 0 Å². The molecule has 4 heteroatoms. The van der Waals surface area contributed by atoms with Crippen LogP contribution in [-0.2, 0) is 4.43 Å². The van der Waals surface area contributed by atoms with Crippen molar-refractivity contribution in [1.82, 2.24) is 0 Å². The Labute approximate surface area is 118 Å². The van der Waals surface area contributed by atoms with Crippen LogP contribution in [0.2, 0.25) is 5.04 Å². The van der Waals surface area contributed by atoms with Crippen LogP contribution in [0.5, 0.6) is 5.75 Å². The summed E-state index contributed by atoms with van der Waals surface area (Å²) in [4.78, 5) is 4.23. The summed E-state index contributed by atoms with van der Waals surface area (Å²) in [5, 5.41) is 0.124. The van der Waals surface area contributed by atoms with Crippen molar-refractivity contribution < 1.29 is 9.16 Å². The van der Waals surface area contributed by atoms with Crippen LogP contribution in [0.3, 0.4) is 0 Å². The molecule has 0 fully saturated rings. The molecule has 0 N–H and O–H groups in total. The van der Waals surface area contributed by atoms with Crippen LogP contribution < -0.4 is 4.74 Å². The van der Waals surface area contributed by atoms with Crippen molar-refractivity contribution in [1.29, 1.82) is 0 Å². The van der Waals surface area contributed by atoms with Gasteiger partial charge in [0.05, 0.1) is 7.11 Å². The molecule has 1 aromatic carbocycles. The van der Waals surface area contributed by atoms with Gasteiger partial charge in [0.15, 0.2) is 5.88 Å². The standard InChI is InChI=1S/C15H21NO2Si/c1-11-7-8-14(17-6)13(9-11)10-16-12(2)18-19-15(3,4)5/h7-10H,2H2,1,3-6H3/b16-10+. The molecular weight excluding hydrogens is 254 g/mol. The first-order valence-corrected chi connectivity index (χ1v) is 7.04. The van der Waals surface area contributed by atoms with Gasteiger partial charge in [-0.1, -0.05) is 32.4 Å². The van der Waals surface area contributed by atoms with Gasteiger partial charge >= 0.3 is 9.76 Å². The van der Waals surface area contributed by atoms with E-state index in [9.17, 15) is 0 Å². The zero-order valence-electron chi connectivity index (χ0n) is 12.3. The SMILES string of the molecule is C=C(/N=C/c1cc(C)ccc1OC)O[Si]C(C)(C)C. The number of hydrogen-bond donors (Lipinski definition) is 0. The highest BCUT2D eigenvalue weighted by atomic mass is 28.2. The van der Waals surface area contributed by atoms with Crippen LogP contribution in [0, 0.1) is 6.92 Å². The number of ether oxygens (including phenoxy) is 1. The molecule has 102 valence electrons. The van der Waals surface area contributed by atoms with Crippen molar-refractivity contribution in [3.8, 4) is 5.75 Å². The van der Waals surface area contributed by atoms with Crippen molar-refractivity contribution in [3.05, 3.63) is 41.8 Å². The Morgan fingerprint density at radius 1 is 1.37 bits per heavy atom. The van der Waals surface area contributed by atoms with E-state index in [0.29, 0.717) is 15.6 Å². The van der Waals surface area contributed by atoms with Crippen LogP contribution in [-0.4, -0.2) is 23.1 Å². The summed E-state index contributed by atoms with van der Waals surface area (Å²) in [6, 6.07) is 5.95. The second kappa shape index (κ2) is 6.57. The third kappa shape index (κ3) is 5.74. The second-order valence-electron chi connectivity index (χ2n) is 5.35. The largest absolute Gasteiger partial charge is 0.528 e. The highest BCUT2D eigenvalue weighted by Gasteiger charge is 2.15. The molecule has 0 aliphatic carbocycles. The molecule has 0 bridgehead atoms. The first-order valence-electron chi connectivity index (χ1n) is 6.13. The lowest BCUT2D eigenvalue weighted by atomic mass is 10.1. The van der Waals surface area contributed by atoms with E-state index in [2.05, 4.69) is 32.3 Å². The summed E-state index contributed by atoms with van der Waals surface area (Å²) in [6.45, 7) is 12.2. The molecule has 0 aromatic heterocycles. The van der Waals surface area contributed by atoms with Gasteiger partial charge in [-0.2, -0.15) is 0 Å². The molecule has 0 atom stereocenters. The van der Waals surface area contributed by atoms with Gasteiger partial charge in [0.1, 0.15) is 5.75 Å². The maximum Gasteiger partial charge on any atom is 0.318 e. The fourth-order valence-electron chi connectivity index (χ4n) is 1.33. The number of nitrogens with zero attached hydrogens (tertiary/aromatic N) is 1. The Hall–Kier alpha value is -1.55. The zero-order chi connectivity index (χ0) is 14.5. The van der Waals surface area contributed by atoms with Gasteiger partial charge in [0.25, 0.3) is 0 Å². The molecule has 0 amide bonds. The van der Waals surface area contributed by atoms with E-state index >= 15 is 0 Å². The van der Waals surface area contributed by atoms with Gasteiger partial charge in [-0.3, -0.25) is 0 Å². The van der Waals surface area contributed by atoms with Crippen LogP contribution in [0.15, 0.2) is 35.7 Å². The second-order valence-corrected chi connectivity index (χ2v) is 7.26. The Bertz CT molecular complexity index is 476. The predicted octanol–water partition coefficient (Wildman–Crippen LogP) is 3.75. The third-order valence-electron chi connectivity index (χ3n) is 2.21. The monoisotopic (exact) mass is 275 g/mol. The van der Waals surface area contributed by atoms with E-state index in [0.717, 1.165) is 16.9 Å². The number of aliphatic imine (C=N–C) groups is 1. The highest BCUT2D eigenvalue weighted by molar-refractivity contribution is 6.32. The molecule has 0 heterocycles. The van der Waals surface area contributed by atoms with Gasteiger partial charge in [-0.05, 0) is 30.7 Å². The van der Waals surface area contributed by atoms with E-state index in [-0.39, 0.29) is 5.04 Å². The maximum atomic E-state index is 5.53. The summed E-state index contributed by atoms with van der Waals surface area (Å²) in [5.41, 5.74) is 2.08. The molecular formula is C15H21NO2Si. The molecule has 3 nitrogen and oxygen atoms in total. The summed E-state index contributed by atoms with van der Waals surface area (Å²) >= 11 is 0. The van der Waals surface area contributed by atoms with Crippen molar-refractivity contribution in [2.24, 2.45) is 4.99 Å². The number of methoxy groups -OCH3 is 1. The quantitative estimate of drug-likeness (QED) is 0.465. The van der Waals surface area contributed by atoms with E-state index in [1.165, 1.54) is 0 Å². The zero-order valence-corrected chi connectivity index (χ0v) is 13.3. The highest BCUT2D eigenvalue weighted by Crippen LogP contribution is 2.21. The minimum atomic E-state index is 0.124. The first-order chi connectivity index (χ1) is 8.81. The minimum Gasteiger partial charge on any atom is -0.528 e. The van der Waals surface area contributed by atoms with Gasteiger partial charge in [-0.15, -0.1) is 0 Å². The lowest BCUT2D eigenvalue weighted by Crippen LogP contribution is -2.11. The van der Waals surface area contributed by atoms with Gasteiger partial charge in [0, 0.05) is 11.8 Å². The lowest BCUT2D eigenvalue weighted by molar-refractivity contribution is 0.413. The van der Waals surface area contributed by atoms with E-state index in [4.69, 9.17) is 9.16 Å². The van der Waals surface area contributed by atoms with Crippen molar-refractivity contribution in [2.75, 3.05) is 7.11 Å². The van der Waals surface area contributed by atoms with Crippen LogP contribution in [0.4, 0.5) is 0 Å². The average Bonchev–Trinajstić information content (AvgIpc) is 2.33. The third-order valence-corrected chi connectivity index (χ3v) is 3.16. The number of benzene rings is 1. The van der Waals surface area contributed by atoms with E-state index in [1.54, 1.807) is 13.3 Å². The fraction of sp³-hybridized carbons (Fsp3) is 0.400. The Balaban J connectivity index is 2.71. The fourth-order valence-corrected chi connectivity index (χ4v) is 1.81. The molecule has 1 aromatic rings. The molecule has 0 spiro atoms. The first kappa shape index (κ1) is 15.5. The van der Waals surface area contributed by atoms with Gasteiger partial charge < -0.3 is 9.16 Å². The summed E-state index contributed by atoms with van der Waals surface area (Å²) in [5.74, 6) is 1.22. The smallest absolute Gasteiger partial charge is 0.318 e. The molecule has 0 aliphatic heterocycles. The summed E-state index contributed by atoms with van der Waals surface area (Å²) in [6.07, 6.45) is 1.72. The van der Waals surface area contributed by atoms with Gasteiger partial charge in [-0.25, -0.2) is 4.99 Å². The van der Waals surface area contributed by atoms with Crippen molar-refractivity contribution in [3.63, 3.8) is 0 Å². The molecule has 0 saturated carbocycles. The van der Waals surface area contributed by atoms with E-state index in [1.807, 2.05) is 25.1 Å². The maximum absolute atomic E-state index is 5.53. The Morgan fingerprint density at radius 2 is 2.05 bits per heavy atom. The Morgan fingerprint density at radius 3 is 2.63 bits per heavy atom. The number of hydrogen-bond acceptors (Lipinski definition) is 3. The number of aryl methyl sites for hydroxylation is 1. The van der Waals surface area contributed by atoms with E-state index < -0.39 is 0 Å². The molecule has 19 heavy (non-hydrogen) atoms. The molecule has 2 radical (unpaired) electrons. The Kier molecular flexibility index (Phi) is 5.36. The molecule has 0 aliphatic rings. The topological polar surface area (TPSA) is 30.8 Å². The number of rotatable bonds is 5. The minimum absolute atomic E-state index is 0.124. The average molecular weight is 275 g/mol. The predicted molar refractivity (Wildman–Crippen MR) is 81.0 cm³/mol. The van der Waals surface area contributed by atoms with Crippen LogP contribution in [0.25, 0.3) is 0 Å². The van der Waals surface area contributed by atoms with Crippen LogP contribution in [0.1, 0.15) is 31.9 Å². The van der Waals surface area contributed by atoms with Crippen molar-refractivity contribution >= 4 is 16.0 Å². The van der Waals surface area contributed by atoms with Crippen molar-refractivity contribution in [2.45, 2.75) is 32.7 Å². The molecule has 0 saturated heterocycles. The molecule has 0 unspecified atom stereocenters. The summed E-state index contributed by atoms with van der Waals surface area (Å²) in [7, 11) is 1.99. The lowest BCUT2D eigenvalue weighted by Gasteiger charge is -2.15. The van der Waals surface area contributed by atoms with Crippen LogP contribution >= 0.6 is 0 Å². The summed E-state index contributed by atoms with van der Waals surface area (Å²) < 4.78 is 10.8. The molecule has 1 rings (SSSR count). The normalized spacial score (nSPS) is 11.6.